The average Bonchev–Trinajstić information content (AvgIpc) is 3.44. The second-order valence-corrected chi connectivity index (χ2v) is 12.8. The Morgan fingerprint density at radius 1 is 0.925 bits per heavy atom. The largest absolute Gasteiger partial charge is 0.352 e. The molecule has 1 N–H and O–H groups in total. The van der Waals surface area contributed by atoms with Gasteiger partial charge in [-0.2, -0.15) is 0 Å². The number of sulfonamides is 1. The maximum atomic E-state index is 14.0. The van der Waals surface area contributed by atoms with Crippen LogP contribution in [-0.4, -0.2) is 43.8 Å². The lowest BCUT2D eigenvalue weighted by molar-refractivity contribution is -0.139. The van der Waals surface area contributed by atoms with Gasteiger partial charge in [0, 0.05) is 22.6 Å². The molecule has 0 aliphatic heterocycles. The van der Waals surface area contributed by atoms with E-state index in [-0.39, 0.29) is 23.4 Å². The summed E-state index contributed by atoms with van der Waals surface area (Å²) in [5.74, 6) is -0.776. The monoisotopic (exact) mass is 601 g/mol. The molecule has 0 spiro atoms. The fourth-order valence-corrected chi connectivity index (χ4v) is 6.58. The van der Waals surface area contributed by atoms with Crippen molar-refractivity contribution in [3.05, 3.63) is 94.0 Å². The molecule has 0 saturated heterocycles. The van der Waals surface area contributed by atoms with Gasteiger partial charge >= 0.3 is 0 Å². The first-order chi connectivity index (χ1) is 19.1. The number of halogens is 2. The second kappa shape index (κ2) is 13.1. The molecule has 0 bridgehead atoms. The number of aryl methyl sites for hydroxylation is 1. The molecule has 1 aliphatic rings. The van der Waals surface area contributed by atoms with Gasteiger partial charge < -0.3 is 10.2 Å². The van der Waals surface area contributed by atoms with Crippen molar-refractivity contribution in [2.45, 2.75) is 63.1 Å². The summed E-state index contributed by atoms with van der Waals surface area (Å²) in [6.45, 7) is 3.07. The van der Waals surface area contributed by atoms with Crippen LogP contribution in [0.15, 0.2) is 77.7 Å². The summed E-state index contributed by atoms with van der Waals surface area (Å²) in [7, 11) is -4.16. The molecule has 7 nitrogen and oxygen atoms in total. The molecular weight excluding hydrogens is 569 g/mol. The number of hydrogen-bond acceptors (Lipinski definition) is 4. The van der Waals surface area contributed by atoms with Crippen molar-refractivity contribution in [2.75, 3.05) is 10.8 Å². The van der Waals surface area contributed by atoms with Crippen molar-refractivity contribution in [2.24, 2.45) is 0 Å². The van der Waals surface area contributed by atoms with Gasteiger partial charge in [0.25, 0.3) is 10.0 Å². The fraction of sp³-hybridized carbons (Fsp3) is 0.333. The Balaban J connectivity index is 1.69. The number of rotatable bonds is 10. The molecule has 3 aromatic rings. The lowest BCUT2D eigenvalue weighted by atomic mass is 10.1. The van der Waals surface area contributed by atoms with E-state index < -0.39 is 28.5 Å². The van der Waals surface area contributed by atoms with Crippen molar-refractivity contribution in [3.63, 3.8) is 0 Å². The van der Waals surface area contributed by atoms with Crippen molar-refractivity contribution in [1.82, 2.24) is 10.2 Å². The van der Waals surface area contributed by atoms with E-state index in [0.717, 1.165) is 35.6 Å². The van der Waals surface area contributed by atoms with Crippen LogP contribution in [0.1, 0.15) is 43.7 Å². The Morgan fingerprint density at radius 2 is 1.50 bits per heavy atom. The third-order valence-electron chi connectivity index (χ3n) is 7.20. The number of amides is 2. The molecule has 10 heteroatoms. The van der Waals surface area contributed by atoms with E-state index in [4.69, 9.17) is 23.2 Å². The van der Waals surface area contributed by atoms with Gasteiger partial charge in [-0.25, -0.2) is 8.42 Å². The van der Waals surface area contributed by atoms with E-state index in [2.05, 4.69) is 5.32 Å². The maximum absolute atomic E-state index is 14.0. The third-order valence-corrected chi connectivity index (χ3v) is 9.48. The van der Waals surface area contributed by atoms with Gasteiger partial charge in [-0.1, -0.05) is 66.4 Å². The Bertz CT molecular complexity index is 1440. The average molecular weight is 603 g/mol. The lowest BCUT2D eigenvalue weighted by Gasteiger charge is -2.33. The van der Waals surface area contributed by atoms with Gasteiger partial charge in [-0.3, -0.25) is 13.9 Å². The van der Waals surface area contributed by atoms with E-state index in [0.29, 0.717) is 21.3 Å². The molecular formula is C30H33Cl2N3O4S. The molecule has 1 atom stereocenters. The minimum Gasteiger partial charge on any atom is -0.352 e. The second-order valence-electron chi connectivity index (χ2n) is 10.1. The van der Waals surface area contributed by atoms with Crippen LogP contribution in [0.5, 0.6) is 0 Å². The number of para-hydroxylation sites is 1. The SMILES string of the molecule is Cc1ccccc1N(CC(=O)N(Cc1ccc(Cl)cc1)[C@H](C)C(=O)NC1CCCC1)S(=O)(=O)c1ccc(Cl)cc1. The molecule has 3 aromatic carbocycles. The van der Waals surface area contributed by atoms with Crippen LogP contribution in [0.3, 0.4) is 0 Å². The number of hydrogen-bond donors (Lipinski definition) is 1. The van der Waals surface area contributed by atoms with E-state index in [1.54, 1.807) is 62.4 Å². The van der Waals surface area contributed by atoms with Crippen molar-refractivity contribution in [1.29, 1.82) is 0 Å². The van der Waals surface area contributed by atoms with E-state index >= 15 is 0 Å². The summed E-state index contributed by atoms with van der Waals surface area (Å²) in [4.78, 5) is 28.7. The summed E-state index contributed by atoms with van der Waals surface area (Å²) in [5, 5.41) is 4.01. The number of carbonyl (C=O) groups excluding carboxylic acids is 2. The first-order valence-corrected chi connectivity index (χ1v) is 15.4. The zero-order valence-corrected chi connectivity index (χ0v) is 24.8. The first kappa shape index (κ1) is 29.9. The minimum atomic E-state index is -4.16. The fourth-order valence-electron chi connectivity index (χ4n) is 4.85. The molecule has 0 heterocycles. The number of nitrogens with zero attached hydrogens (tertiary/aromatic N) is 2. The van der Waals surface area contributed by atoms with Crippen LogP contribution in [0, 0.1) is 6.92 Å². The molecule has 2 amide bonds. The third kappa shape index (κ3) is 7.16. The summed E-state index contributed by atoms with van der Waals surface area (Å²) >= 11 is 12.1. The molecule has 4 rings (SSSR count). The number of benzene rings is 3. The highest BCUT2D eigenvalue weighted by Gasteiger charge is 2.33. The van der Waals surface area contributed by atoms with Gasteiger partial charge in [0.2, 0.25) is 11.8 Å². The molecule has 212 valence electrons. The van der Waals surface area contributed by atoms with Crippen LogP contribution < -0.4 is 9.62 Å². The van der Waals surface area contributed by atoms with Gasteiger partial charge in [0.1, 0.15) is 12.6 Å². The molecule has 0 aromatic heterocycles. The van der Waals surface area contributed by atoms with Crippen LogP contribution >= 0.6 is 23.2 Å². The zero-order valence-electron chi connectivity index (χ0n) is 22.5. The standard InChI is InChI=1S/C30H33Cl2N3O4S/c1-21-7-3-6-10-28(21)35(40(38,39)27-17-15-25(32)16-18-27)20-29(36)34(19-23-11-13-24(31)14-12-23)22(2)30(37)33-26-8-4-5-9-26/h3,6-7,10-18,22,26H,4-5,8-9,19-20H2,1-2H3,(H,33,37)/t22-/m1/s1. The van der Waals surface area contributed by atoms with Gasteiger partial charge in [-0.15, -0.1) is 0 Å². The smallest absolute Gasteiger partial charge is 0.264 e. The summed E-state index contributed by atoms with van der Waals surface area (Å²) in [5.41, 5.74) is 1.82. The van der Waals surface area contributed by atoms with Crippen LogP contribution in [0.25, 0.3) is 0 Å². The van der Waals surface area contributed by atoms with E-state index in [1.165, 1.54) is 29.2 Å². The maximum Gasteiger partial charge on any atom is 0.264 e. The molecule has 1 aliphatic carbocycles. The van der Waals surface area contributed by atoms with Crippen molar-refractivity contribution < 1.29 is 18.0 Å². The number of anilines is 1. The summed E-state index contributed by atoms with van der Waals surface area (Å²) in [6, 6.07) is 19.0. The Morgan fingerprint density at radius 3 is 2.10 bits per heavy atom. The summed E-state index contributed by atoms with van der Waals surface area (Å²) < 4.78 is 28.9. The quantitative estimate of drug-likeness (QED) is 0.310. The van der Waals surface area contributed by atoms with Crippen molar-refractivity contribution in [3.8, 4) is 0 Å². The molecule has 0 radical (unpaired) electrons. The van der Waals surface area contributed by atoms with Crippen LogP contribution in [0.2, 0.25) is 10.0 Å². The molecule has 1 fully saturated rings. The minimum absolute atomic E-state index is 0.00392. The number of carbonyl (C=O) groups is 2. The van der Waals surface area contributed by atoms with E-state index in [9.17, 15) is 18.0 Å². The number of nitrogens with one attached hydrogen (secondary N) is 1. The summed E-state index contributed by atoms with van der Waals surface area (Å²) in [6.07, 6.45) is 3.93. The Hall–Kier alpha value is -3.07. The van der Waals surface area contributed by atoms with Gasteiger partial charge in [0.15, 0.2) is 0 Å². The van der Waals surface area contributed by atoms with Crippen LogP contribution in [0.4, 0.5) is 5.69 Å². The highest BCUT2D eigenvalue weighted by molar-refractivity contribution is 7.92. The van der Waals surface area contributed by atoms with Crippen molar-refractivity contribution >= 4 is 50.7 Å². The first-order valence-electron chi connectivity index (χ1n) is 13.2. The Kier molecular flexibility index (Phi) is 9.77. The van der Waals surface area contributed by atoms with Gasteiger partial charge in [-0.05, 0) is 80.3 Å². The molecule has 40 heavy (non-hydrogen) atoms. The normalized spacial score (nSPS) is 14.5. The zero-order chi connectivity index (χ0) is 28.9. The van der Waals surface area contributed by atoms with Gasteiger partial charge in [0.05, 0.1) is 10.6 Å². The predicted octanol–water partition coefficient (Wildman–Crippen LogP) is 5.97. The highest BCUT2D eigenvalue weighted by Crippen LogP contribution is 2.28. The topological polar surface area (TPSA) is 86.8 Å². The highest BCUT2D eigenvalue weighted by atomic mass is 35.5. The predicted molar refractivity (Wildman–Crippen MR) is 159 cm³/mol. The molecule has 1 saturated carbocycles. The van der Waals surface area contributed by atoms with Crippen LogP contribution in [-0.2, 0) is 26.2 Å². The van der Waals surface area contributed by atoms with E-state index in [1.807, 2.05) is 0 Å². The lowest BCUT2D eigenvalue weighted by Crippen LogP contribution is -2.52. The molecule has 0 unspecified atom stereocenters. The Labute approximate surface area is 246 Å².